The number of sulfonamides is 1. The molecule has 1 atom stereocenters. The van der Waals surface area contributed by atoms with Crippen LogP contribution in [0, 0.1) is 5.82 Å². The minimum atomic E-state index is -3.94. The second-order valence-corrected chi connectivity index (χ2v) is 8.42. The summed E-state index contributed by atoms with van der Waals surface area (Å²) in [4.78, 5) is 15.3. The van der Waals surface area contributed by atoms with E-state index in [1.807, 2.05) is 5.32 Å². The monoisotopic (exact) mass is 356 g/mol. The second kappa shape index (κ2) is 4.82. The highest BCUT2D eigenvalue weighted by Crippen LogP contribution is 2.60. The molecule has 1 aromatic rings. The minimum Gasteiger partial charge on any atom is -0.465 e. The van der Waals surface area contributed by atoms with Crippen molar-refractivity contribution in [1.82, 2.24) is 9.62 Å². The maximum Gasteiger partial charge on any atom is 0.411 e. The predicted octanol–water partition coefficient (Wildman–Crippen LogP) is 1.05. The molecule has 24 heavy (non-hydrogen) atoms. The molecule has 2 aliphatic rings. The number of anilines is 1. The van der Waals surface area contributed by atoms with Crippen LogP contribution in [0.15, 0.2) is 23.2 Å². The van der Waals surface area contributed by atoms with E-state index in [1.54, 1.807) is 0 Å². The zero-order chi connectivity index (χ0) is 17.9. The summed E-state index contributed by atoms with van der Waals surface area (Å²) in [6, 6.07) is 3.86. The Balaban J connectivity index is 2.29. The molecule has 10 heteroatoms. The lowest BCUT2D eigenvalue weighted by Crippen LogP contribution is -2.59. The third-order valence-electron chi connectivity index (χ3n) is 4.81. The molecule has 1 aliphatic heterocycles. The van der Waals surface area contributed by atoms with E-state index >= 15 is 0 Å². The molecule has 4 N–H and O–H groups in total. The minimum absolute atomic E-state index is 0.0290. The molecule has 1 unspecified atom stereocenters. The Bertz CT molecular complexity index is 866. The molecule has 1 heterocycles. The van der Waals surface area contributed by atoms with Gasteiger partial charge in [-0.05, 0) is 38.0 Å². The highest BCUT2D eigenvalue weighted by atomic mass is 32.2. The number of halogens is 1. The molecule has 0 saturated heterocycles. The van der Waals surface area contributed by atoms with Crippen LogP contribution in [0.2, 0.25) is 0 Å². The van der Waals surface area contributed by atoms with Crippen LogP contribution >= 0.6 is 0 Å². The molecular formula is C14H17FN4O4S. The van der Waals surface area contributed by atoms with E-state index in [0.29, 0.717) is 12.8 Å². The fraction of sp³-hybridized carbons (Fsp3) is 0.429. The number of carbonyl (C=O) groups is 1. The summed E-state index contributed by atoms with van der Waals surface area (Å²) in [6.07, 6.45) is -0.861. The molecule has 1 fully saturated rings. The van der Waals surface area contributed by atoms with E-state index < -0.39 is 32.2 Å². The number of nitrogen functional groups attached to an aromatic ring is 1. The number of rotatable bonds is 1. The second-order valence-electron chi connectivity index (χ2n) is 6.14. The molecule has 1 spiro atoms. The van der Waals surface area contributed by atoms with Gasteiger partial charge < -0.3 is 10.8 Å². The van der Waals surface area contributed by atoms with Crippen LogP contribution in [0.4, 0.5) is 14.9 Å². The number of guanidine groups is 1. The molecule has 8 nitrogen and oxygen atoms in total. The van der Waals surface area contributed by atoms with E-state index in [1.165, 1.54) is 26.1 Å². The lowest BCUT2D eigenvalue weighted by molar-refractivity contribution is 0.199. The summed E-state index contributed by atoms with van der Waals surface area (Å²) in [6.45, 7) is 1.49. The first-order valence-electron chi connectivity index (χ1n) is 7.19. The normalized spacial score (nSPS) is 26.8. The number of nitrogens with two attached hydrogens (primary N) is 1. The van der Waals surface area contributed by atoms with Crippen molar-refractivity contribution in [2.45, 2.75) is 30.1 Å². The Kier molecular flexibility index (Phi) is 3.31. The van der Waals surface area contributed by atoms with Gasteiger partial charge in [-0.25, -0.2) is 26.9 Å². The van der Waals surface area contributed by atoms with Gasteiger partial charge in [-0.15, -0.1) is 0 Å². The molecule has 0 aromatic heterocycles. The number of benzene rings is 1. The standard InChI is InChI=1S/C14H17FN4O4S/c1-13(9-7-8(16)3-4-10(9)15)14(5-6-14)24(22,23)19(2)11(18-13)17-12(20)21/h3-4,7H,5-6,16H2,1-2H3,(H,17,18)(H,20,21). The van der Waals surface area contributed by atoms with Crippen molar-refractivity contribution in [3.8, 4) is 0 Å². The van der Waals surface area contributed by atoms with Crippen LogP contribution in [0.5, 0.6) is 0 Å². The largest absolute Gasteiger partial charge is 0.465 e. The number of nitrogens with one attached hydrogen (secondary N) is 1. The highest BCUT2D eigenvalue weighted by Gasteiger charge is 2.71. The van der Waals surface area contributed by atoms with Gasteiger partial charge in [0.15, 0.2) is 0 Å². The third kappa shape index (κ3) is 1.98. The van der Waals surface area contributed by atoms with Crippen LogP contribution in [-0.2, 0) is 15.6 Å². The smallest absolute Gasteiger partial charge is 0.411 e. The number of aliphatic imine (C=N–C) groups is 1. The van der Waals surface area contributed by atoms with Crippen molar-refractivity contribution in [2.24, 2.45) is 4.99 Å². The van der Waals surface area contributed by atoms with Crippen LogP contribution in [-0.4, -0.2) is 41.7 Å². The van der Waals surface area contributed by atoms with Crippen LogP contribution in [0.3, 0.4) is 0 Å². The van der Waals surface area contributed by atoms with Gasteiger partial charge in [0.2, 0.25) is 16.0 Å². The number of hydrogen-bond acceptors (Lipinski definition) is 5. The predicted molar refractivity (Wildman–Crippen MR) is 85.4 cm³/mol. The number of nitrogens with zero attached hydrogens (tertiary/aromatic N) is 2. The van der Waals surface area contributed by atoms with Crippen LogP contribution in [0.25, 0.3) is 0 Å². The molecule has 0 bridgehead atoms. The van der Waals surface area contributed by atoms with Gasteiger partial charge in [0.25, 0.3) is 0 Å². The topological polar surface area (TPSA) is 125 Å². The molecule has 1 aliphatic carbocycles. The van der Waals surface area contributed by atoms with Gasteiger partial charge in [-0.3, -0.25) is 5.32 Å². The molecule has 0 radical (unpaired) electrons. The average molecular weight is 356 g/mol. The highest BCUT2D eigenvalue weighted by molar-refractivity contribution is 7.91. The first kappa shape index (κ1) is 16.5. The maximum atomic E-state index is 14.4. The molecular weight excluding hydrogens is 339 g/mol. The lowest BCUT2D eigenvalue weighted by atomic mass is 9.86. The van der Waals surface area contributed by atoms with Gasteiger partial charge in [0.1, 0.15) is 16.1 Å². The van der Waals surface area contributed by atoms with Crippen molar-refractivity contribution in [1.29, 1.82) is 0 Å². The number of hydrogen-bond donors (Lipinski definition) is 3. The fourth-order valence-electron chi connectivity index (χ4n) is 3.29. The van der Waals surface area contributed by atoms with Crippen molar-refractivity contribution < 1.29 is 22.7 Å². The van der Waals surface area contributed by atoms with E-state index in [4.69, 9.17) is 10.8 Å². The van der Waals surface area contributed by atoms with E-state index in [0.717, 1.165) is 10.4 Å². The third-order valence-corrected chi connectivity index (χ3v) is 7.49. The maximum absolute atomic E-state index is 14.4. The van der Waals surface area contributed by atoms with E-state index in [9.17, 15) is 17.6 Å². The van der Waals surface area contributed by atoms with Crippen LogP contribution in [0.1, 0.15) is 25.3 Å². The zero-order valence-corrected chi connectivity index (χ0v) is 13.9. The Morgan fingerprint density at radius 2 is 2.08 bits per heavy atom. The van der Waals surface area contributed by atoms with Gasteiger partial charge in [0, 0.05) is 18.3 Å². The first-order valence-corrected chi connectivity index (χ1v) is 8.63. The summed E-state index contributed by atoms with van der Waals surface area (Å²) in [7, 11) is -2.72. The van der Waals surface area contributed by atoms with Gasteiger partial charge in [0.05, 0.1) is 0 Å². The van der Waals surface area contributed by atoms with Crippen molar-refractivity contribution in [3.63, 3.8) is 0 Å². The Morgan fingerprint density at radius 3 is 2.62 bits per heavy atom. The fourth-order valence-corrected chi connectivity index (χ4v) is 5.41. The van der Waals surface area contributed by atoms with Gasteiger partial charge in [-0.1, -0.05) is 0 Å². The van der Waals surface area contributed by atoms with E-state index in [2.05, 4.69) is 4.99 Å². The van der Waals surface area contributed by atoms with Gasteiger partial charge in [-0.2, -0.15) is 0 Å². The van der Waals surface area contributed by atoms with Gasteiger partial charge >= 0.3 is 6.09 Å². The molecule has 1 amide bonds. The van der Waals surface area contributed by atoms with Crippen molar-refractivity contribution >= 4 is 27.8 Å². The zero-order valence-electron chi connectivity index (χ0n) is 13.1. The lowest BCUT2D eigenvalue weighted by Gasteiger charge is -2.42. The Labute approximate surface area is 138 Å². The Hall–Kier alpha value is -2.36. The summed E-state index contributed by atoms with van der Waals surface area (Å²) in [5.74, 6) is -1.01. The summed E-state index contributed by atoms with van der Waals surface area (Å²) in [5, 5.41) is 10.9. The molecule has 1 aromatic carbocycles. The number of amides is 1. The van der Waals surface area contributed by atoms with Crippen LogP contribution < -0.4 is 11.1 Å². The quantitative estimate of drug-likeness (QED) is 0.649. The molecule has 130 valence electrons. The average Bonchev–Trinajstić information content (AvgIpc) is 3.28. The number of carboxylic acid groups (broad SMARTS) is 1. The molecule has 1 saturated carbocycles. The molecule has 3 rings (SSSR count). The Morgan fingerprint density at radius 1 is 1.46 bits per heavy atom. The summed E-state index contributed by atoms with van der Waals surface area (Å²) < 4.78 is 39.8. The first-order chi connectivity index (χ1) is 11.0. The van der Waals surface area contributed by atoms with Crippen molar-refractivity contribution in [2.75, 3.05) is 12.8 Å². The SMILES string of the molecule is CN1C(NC(=O)O)=NC(C)(c2cc(N)ccc2F)C2(CC2)S1(=O)=O. The van der Waals surface area contributed by atoms with Crippen molar-refractivity contribution in [3.05, 3.63) is 29.6 Å². The summed E-state index contributed by atoms with van der Waals surface area (Å²) >= 11 is 0. The summed E-state index contributed by atoms with van der Waals surface area (Å²) in [5.41, 5.74) is 4.53. The van der Waals surface area contributed by atoms with E-state index in [-0.39, 0.29) is 17.2 Å².